The van der Waals surface area contributed by atoms with Crippen LogP contribution in [0, 0.1) is 5.82 Å². The van der Waals surface area contributed by atoms with Crippen LogP contribution in [0.5, 0.6) is 0 Å². The highest BCUT2D eigenvalue weighted by Gasteiger charge is 2.33. The third-order valence-corrected chi connectivity index (χ3v) is 3.55. The fourth-order valence-corrected chi connectivity index (χ4v) is 2.36. The highest BCUT2D eigenvalue weighted by molar-refractivity contribution is 6.30. The van der Waals surface area contributed by atoms with Gasteiger partial charge in [0.2, 0.25) is 0 Å². The molecule has 0 amide bonds. The maximum absolute atomic E-state index is 13.1. The van der Waals surface area contributed by atoms with Crippen molar-refractivity contribution < 1.29 is 14.3 Å². The van der Waals surface area contributed by atoms with E-state index in [0.717, 1.165) is 18.4 Å². The van der Waals surface area contributed by atoms with Gasteiger partial charge < -0.3 is 5.11 Å². The van der Waals surface area contributed by atoms with Gasteiger partial charge in [-0.3, -0.25) is 0 Å². The molecule has 1 N–H and O–H groups in total. The summed E-state index contributed by atoms with van der Waals surface area (Å²) in [6.45, 7) is 0.326. The van der Waals surface area contributed by atoms with Crippen molar-refractivity contribution in [2.45, 2.75) is 25.3 Å². The van der Waals surface area contributed by atoms with Crippen LogP contribution >= 0.6 is 11.6 Å². The zero-order valence-electron chi connectivity index (χ0n) is 10.4. The Morgan fingerprint density at radius 2 is 2.25 bits per heavy atom. The third kappa shape index (κ3) is 2.38. The molecule has 0 aliphatic heterocycles. The van der Waals surface area contributed by atoms with Gasteiger partial charge in [-0.05, 0) is 30.5 Å². The van der Waals surface area contributed by atoms with E-state index in [1.807, 2.05) is 0 Å². The molecule has 3 rings (SSSR count). The molecule has 0 spiro atoms. The minimum Gasteiger partial charge on any atom is -0.476 e. The van der Waals surface area contributed by atoms with Gasteiger partial charge in [0.05, 0.1) is 17.3 Å². The lowest BCUT2D eigenvalue weighted by Crippen LogP contribution is -2.08. The summed E-state index contributed by atoms with van der Waals surface area (Å²) in [5, 5.41) is 16.8. The molecule has 2 aromatic rings. The molecule has 1 fully saturated rings. The molecule has 104 valence electrons. The molecule has 1 aliphatic rings. The van der Waals surface area contributed by atoms with Crippen LogP contribution in [0.3, 0.4) is 0 Å². The number of carbonyl (C=O) groups is 1. The zero-order chi connectivity index (χ0) is 14.3. The summed E-state index contributed by atoms with van der Waals surface area (Å²) in [5.41, 5.74) is 1.39. The molecule has 0 bridgehead atoms. The van der Waals surface area contributed by atoms with Crippen LogP contribution in [0.1, 0.15) is 40.5 Å². The number of rotatable bonds is 4. The topological polar surface area (TPSA) is 68.0 Å². The van der Waals surface area contributed by atoms with Crippen LogP contribution in [-0.4, -0.2) is 26.1 Å². The maximum atomic E-state index is 13.1. The first kappa shape index (κ1) is 13.1. The molecule has 1 aromatic carbocycles. The zero-order valence-corrected chi connectivity index (χ0v) is 11.1. The summed E-state index contributed by atoms with van der Waals surface area (Å²) in [6.07, 6.45) is 1.88. The number of hydrogen-bond donors (Lipinski definition) is 1. The second-order valence-corrected chi connectivity index (χ2v) is 5.22. The Bertz CT molecular complexity index is 682. The second-order valence-electron chi connectivity index (χ2n) is 4.81. The molecule has 5 nitrogen and oxygen atoms in total. The number of hydrogen-bond acceptors (Lipinski definition) is 3. The van der Waals surface area contributed by atoms with E-state index in [9.17, 15) is 9.18 Å². The number of aromatic nitrogens is 3. The second kappa shape index (κ2) is 4.86. The van der Waals surface area contributed by atoms with Crippen LogP contribution in [0.15, 0.2) is 18.2 Å². The SMILES string of the molecule is O=C(O)c1nnn(Cc2ccc(F)c(Cl)c2)c1C1CC1. The first-order chi connectivity index (χ1) is 9.56. The Morgan fingerprint density at radius 1 is 1.50 bits per heavy atom. The molecule has 0 saturated heterocycles. The van der Waals surface area contributed by atoms with Gasteiger partial charge in [-0.2, -0.15) is 0 Å². The van der Waals surface area contributed by atoms with Gasteiger partial charge in [-0.1, -0.05) is 22.9 Å². The number of aromatic carboxylic acids is 1. The lowest BCUT2D eigenvalue weighted by Gasteiger charge is -2.07. The van der Waals surface area contributed by atoms with E-state index in [-0.39, 0.29) is 16.6 Å². The van der Waals surface area contributed by atoms with Crippen molar-refractivity contribution in [3.8, 4) is 0 Å². The number of carboxylic acids is 1. The van der Waals surface area contributed by atoms with Crippen LogP contribution in [-0.2, 0) is 6.54 Å². The van der Waals surface area contributed by atoms with E-state index in [1.165, 1.54) is 12.1 Å². The average Bonchev–Trinajstić information content (AvgIpc) is 3.15. The Morgan fingerprint density at radius 3 is 2.85 bits per heavy atom. The summed E-state index contributed by atoms with van der Waals surface area (Å²) < 4.78 is 14.7. The van der Waals surface area contributed by atoms with Gasteiger partial charge in [0.25, 0.3) is 0 Å². The van der Waals surface area contributed by atoms with Gasteiger partial charge in [-0.25, -0.2) is 13.9 Å². The van der Waals surface area contributed by atoms with Gasteiger partial charge >= 0.3 is 5.97 Å². The quantitative estimate of drug-likeness (QED) is 0.941. The average molecular weight is 296 g/mol. The van der Waals surface area contributed by atoms with Crippen molar-refractivity contribution >= 4 is 17.6 Å². The lowest BCUT2D eigenvalue weighted by molar-refractivity contribution is 0.0689. The minimum absolute atomic E-state index is 0.000656. The molecular formula is C13H11ClFN3O2. The molecule has 0 radical (unpaired) electrons. The summed E-state index contributed by atoms with van der Waals surface area (Å²) >= 11 is 5.74. The van der Waals surface area contributed by atoms with Gasteiger partial charge in [0, 0.05) is 5.92 Å². The monoisotopic (exact) mass is 295 g/mol. The molecule has 1 aliphatic carbocycles. The van der Waals surface area contributed by atoms with E-state index in [2.05, 4.69) is 10.3 Å². The predicted molar refractivity (Wildman–Crippen MR) is 69.5 cm³/mol. The number of nitrogens with zero attached hydrogens (tertiary/aromatic N) is 3. The van der Waals surface area contributed by atoms with Crippen molar-refractivity contribution in [1.82, 2.24) is 15.0 Å². The van der Waals surface area contributed by atoms with Crippen molar-refractivity contribution in [3.05, 3.63) is 46.0 Å². The largest absolute Gasteiger partial charge is 0.476 e. The van der Waals surface area contributed by atoms with Crippen LogP contribution < -0.4 is 0 Å². The predicted octanol–water partition coefficient (Wildman–Crippen LogP) is 2.69. The van der Waals surface area contributed by atoms with Gasteiger partial charge in [0.1, 0.15) is 5.82 Å². The highest BCUT2D eigenvalue weighted by Crippen LogP contribution is 2.41. The van der Waals surface area contributed by atoms with Crippen molar-refractivity contribution in [3.63, 3.8) is 0 Å². The lowest BCUT2D eigenvalue weighted by atomic mass is 10.2. The fraction of sp³-hybridized carbons (Fsp3) is 0.308. The summed E-state index contributed by atoms with van der Waals surface area (Å²) in [5.74, 6) is -1.36. The van der Waals surface area contributed by atoms with E-state index < -0.39 is 11.8 Å². The molecular weight excluding hydrogens is 285 g/mol. The minimum atomic E-state index is -1.07. The Kier molecular flexibility index (Phi) is 3.17. The maximum Gasteiger partial charge on any atom is 0.358 e. The van der Waals surface area contributed by atoms with Gasteiger partial charge in [-0.15, -0.1) is 5.10 Å². The van der Waals surface area contributed by atoms with E-state index in [0.29, 0.717) is 12.2 Å². The van der Waals surface area contributed by atoms with Crippen LogP contribution in [0.4, 0.5) is 4.39 Å². The highest BCUT2D eigenvalue weighted by atomic mass is 35.5. The number of carboxylic acid groups (broad SMARTS) is 1. The molecule has 1 heterocycles. The smallest absolute Gasteiger partial charge is 0.358 e. The van der Waals surface area contributed by atoms with E-state index in [1.54, 1.807) is 10.7 Å². The van der Waals surface area contributed by atoms with Crippen molar-refractivity contribution in [1.29, 1.82) is 0 Å². The van der Waals surface area contributed by atoms with Crippen LogP contribution in [0.25, 0.3) is 0 Å². The first-order valence-corrected chi connectivity index (χ1v) is 6.54. The van der Waals surface area contributed by atoms with Crippen molar-refractivity contribution in [2.75, 3.05) is 0 Å². The normalized spacial score (nSPS) is 14.5. The Balaban J connectivity index is 1.94. The van der Waals surface area contributed by atoms with Gasteiger partial charge in [0.15, 0.2) is 5.69 Å². The first-order valence-electron chi connectivity index (χ1n) is 6.17. The van der Waals surface area contributed by atoms with E-state index in [4.69, 9.17) is 16.7 Å². The molecule has 0 atom stereocenters. The number of halogens is 2. The standard InChI is InChI=1S/C13H11ClFN3O2/c14-9-5-7(1-4-10(9)15)6-18-12(8-2-3-8)11(13(19)20)16-17-18/h1,4-5,8H,2-3,6H2,(H,19,20). The number of benzene rings is 1. The summed E-state index contributed by atoms with van der Waals surface area (Å²) in [6, 6.07) is 4.39. The van der Waals surface area contributed by atoms with Crippen molar-refractivity contribution in [2.24, 2.45) is 0 Å². The molecule has 20 heavy (non-hydrogen) atoms. The third-order valence-electron chi connectivity index (χ3n) is 3.26. The summed E-state index contributed by atoms with van der Waals surface area (Å²) in [4.78, 5) is 11.1. The summed E-state index contributed by atoms with van der Waals surface area (Å²) in [7, 11) is 0. The molecule has 0 unspecified atom stereocenters. The Hall–Kier alpha value is -1.95. The van der Waals surface area contributed by atoms with E-state index >= 15 is 0 Å². The molecule has 7 heteroatoms. The molecule has 1 aromatic heterocycles. The fourth-order valence-electron chi connectivity index (χ4n) is 2.16. The Labute approximate surface area is 119 Å². The molecule has 1 saturated carbocycles. The van der Waals surface area contributed by atoms with Crippen LogP contribution in [0.2, 0.25) is 5.02 Å².